The number of aliphatic hydroxyl groups is 1. The fourth-order valence-electron chi connectivity index (χ4n) is 2.94. The molecule has 0 spiro atoms. The predicted octanol–water partition coefficient (Wildman–Crippen LogP) is 3.44. The van der Waals surface area contributed by atoms with E-state index >= 15 is 0 Å². The molecule has 0 saturated carbocycles. The van der Waals surface area contributed by atoms with Crippen molar-refractivity contribution in [1.82, 2.24) is 5.32 Å². The van der Waals surface area contributed by atoms with Crippen LogP contribution >= 0.6 is 0 Å². The molecule has 0 aliphatic carbocycles. The van der Waals surface area contributed by atoms with Crippen LogP contribution in [0.2, 0.25) is 0 Å². The molecule has 2 unspecified atom stereocenters. The first-order valence-electron chi connectivity index (χ1n) is 8.24. The molecule has 2 atom stereocenters. The second-order valence-corrected chi connectivity index (χ2v) is 7.26. The van der Waals surface area contributed by atoms with E-state index in [2.05, 4.69) is 5.32 Å². The first-order chi connectivity index (χ1) is 11.8. The molecule has 6 nitrogen and oxygen atoms in total. The van der Waals surface area contributed by atoms with Gasteiger partial charge in [0.25, 0.3) is 5.69 Å². The maximum atomic E-state index is 11.2. The van der Waals surface area contributed by atoms with E-state index in [1.807, 2.05) is 45.0 Å². The van der Waals surface area contributed by atoms with E-state index in [-0.39, 0.29) is 11.2 Å². The number of hydrogen-bond acceptors (Lipinski definition) is 5. The van der Waals surface area contributed by atoms with Gasteiger partial charge in [-0.05, 0) is 38.5 Å². The molecule has 0 bridgehead atoms. The fourth-order valence-corrected chi connectivity index (χ4v) is 2.94. The Labute approximate surface area is 146 Å². The third-order valence-corrected chi connectivity index (χ3v) is 4.17. The summed E-state index contributed by atoms with van der Waals surface area (Å²) in [7, 11) is 0. The summed E-state index contributed by atoms with van der Waals surface area (Å²) in [6, 6.07) is 12.2. The lowest BCUT2D eigenvalue weighted by molar-refractivity contribution is -0.385. The van der Waals surface area contributed by atoms with Gasteiger partial charge in [0.15, 0.2) is 6.10 Å². The highest BCUT2D eigenvalue weighted by atomic mass is 16.6. The fraction of sp³-hybridized carbons (Fsp3) is 0.368. The number of nitrogens with zero attached hydrogens (tertiary/aromatic N) is 1. The number of fused-ring (bicyclic) bond motifs is 3. The van der Waals surface area contributed by atoms with Gasteiger partial charge in [-0.2, -0.15) is 0 Å². The van der Waals surface area contributed by atoms with Crippen LogP contribution in [0.3, 0.4) is 0 Å². The molecular formula is C19H22N2O4. The first-order valence-corrected chi connectivity index (χ1v) is 8.24. The minimum atomic E-state index is -0.840. The maximum Gasteiger partial charge on any atom is 0.269 e. The third-order valence-electron chi connectivity index (χ3n) is 4.17. The first kappa shape index (κ1) is 17.4. The van der Waals surface area contributed by atoms with E-state index in [9.17, 15) is 15.2 Å². The van der Waals surface area contributed by atoms with Gasteiger partial charge in [0, 0.05) is 35.3 Å². The average molecular weight is 342 g/mol. The number of nitro benzene ring substituents is 1. The minimum absolute atomic E-state index is 0.0114. The van der Waals surface area contributed by atoms with Crippen LogP contribution in [-0.2, 0) is 0 Å². The van der Waals surface area contributed by atoms with Crippen LogP contribution < -0.4 is 10.1 Å². The molecule has 2 N–H and O–H groups in total. The number of β-amino-alcohol motifs (C(OH)–C–C–N with tert-alkyl or cyclic N) is 1. The zero-order valence-corrected chi connectivity index (χ0v) is 14.5. The summed E-state index contributed by atoms with van der Waals surface area (Å²) in [4.78, 5) is 10.7. The number of rotatable bonds is 4. The van der Waals surface area contributed by atoms with Gasteiger partial charge in [0.1, 0.15) is 11.9 Å². The second-order valence-electron chi connectivity index (χ2n) is 7.26. The summed E-state index contributed by atoms with van der Waals surface area (Å²) in [5, 5.41) is 25.1. The van der Waals surface area contributed by atoms with E-state index in [1.54, 1.807) is 6.07 Å². The number of aliphatic hydroxyl groups excluding tert-OH is 1. The van der Waals surface area contributed by atoms with Gasteiger partial charge in [0.05, 0.1) is 4.92 Å². The smallest absolute Gasteiger partial charge is 0.269 e. The van der Waals surface area contributed by atoms with Crippen molar-refractivity contribution in [3.63, 3.8) is 0 Å². The van der Waals surface area contributed by atoms with Crippen molar-refractivity contribution < 1.29 is 14.8 Å². The normalized spacial score (nSPS) is 17.2. The number of para-hydroxylation sites is 1. The molecule has 0 fully saturated rings. The van der Waals surface area contributed by atoms with Gasteiger partial charge in [-0.25, -0.2) is 0 Å². The Hall–Kier alpha value is -2.44. The summed E-state index contributed by atoms with van der Waals surface area (Å²) >= 11 is 0. The molecule has 1 aliphatic rings. The van der Waals surface area contributed by atoms with E-state index in [1.165, 1.54) is 12.1 Å². The van der Waals surface area contributed by atoms with Gasteiger partial charge < -0.3 is 15.2 Å². The SMILES string of the molecule is CC(C)(C)NCC(O)C1Oc2ccccc2-c2ccc([N+](=O)[O-])cc21. The molecule has 2 aromatic rings. The number of nitrogens with one attached hydrogen (secondary N) is 1. The van der Waals surface area contributed by atoms with Gasteiger partial charge >= 0.3 is 0 Å². The van der Waals surface area contributed by atoms with Gasteiger partial charge in [-0.3, -0.25) is 10.1 Å². The standard InChI is InChI=1S/C19H22N2O4/c1-19(2,3)20-11-16(22)18-15-10-12(21(23)24)8-9-13(15)14-6-4-5-7-17(14)25-18/h4-10,16,18,20,22H,11H2,1-3H3. The predicted molar refractivity (Wildman–Crippen MR) is 95.7 cm³/mol. The third kappa shape index (κ3) is 3.65. The lowest BCUT2D eigenvalue weighted by atomic mass is 9.90. The molecule has 25 heavy (non-hydrogen) atoms. The molecule has 0 amide bonds. The molecule has 132 valence electrons. The monoisotopic (exact) mass is 342 g/mol. The highest BCUT2D eigenvalue weighted by molar-refractivity contribution is 5.77. The molecule has 1 heterocycles. The molecule has 1 aliphatic heterocycles. The molecule has 6 heteroatoms. The van der Waals surface area contributed by atoms with Crippen LogP contribution in [-0.4, -0.2) is 28.2 Å². The average Bonchev–Trinajstić information content (AvgIpc) is 2.57. The summed E-state index contributed by atoms with van der Waals surface area (Å²) in [5.41, 5.74) is 2.20. The van der Waals surface area contributed by atoms with Gasteiger partial charge in [-0.1, -0.05) is 18.2 Å². The van der Waals surface area contributed by atoms with Crippen molar-refractivity contribution in [1.29, 1.82) is 0 Å². The largest absolute Gasteiger partial charge is 0.482 e. The Bertz CT molecular complexity index is 798. The Morgan fingerprint density at radius 3 is 2.64 bits per heavy atom. The molecular weight excluding hydrogens is 320 g/mol. The summed E-state index contributed by atoms with van der Waals surface area (Å²) in [6.07, 6.45) is -1.51. The number of ether oxygens (including phenoxy) is 1. The molecule has 0 saturated heterocycles. The van der Waals surface area contributed by atoms with Crippen LogP contribution in [0.1, 0.15) is 32.4 Å². The highest BCUT2D eigenvalue weighted by Crippen LogP contribution is 2.44. The molecule has 0 aromatic heterocycles. The zero-order valence-electron chi connectivity index (χ0n) is 14.5. The minimum Gasteiger partial charge on any atom is -0.482 e. The summed E-state index contributed by atoms with van der Waals surface area (Å²) in [6.45, 7) is 6.35. The van der Waals surface area contributed by atoms with E-state index in [0.717, 1.165) is 11.1 Å². The van der Waals surface area contributed by atoms with Crippen molar-refractivity contribution in [2.24, 2.45) is 0 Å². The van der Waals surface area contributed by atoms with E-state index in [4.69, 9.17) is 4.74 Å². The van der Waals surface area contributed by atoms with E-state index < -0.39 is 17.1 Å². The van der Waals surface area contributed by atoms with Crippen molar-refractivity contribution in [2.75, 3.05) is 6.54 Å². The van der Waals surface area contributed by atoms with Gasteiger partial charge in [-0.15, -0.1) is 0 Å². The summed E-state index contributed by atoms with van der Waals surface area (Å²) in [5.74, 6) is 0.670. The lowest BCUT2D eigenvalue weighted by Gasteiger charge is -2.33. The van der Waals surface area contributed by atoms with Crippen LogP contribution in [0.15, 0.2) is 42.5 Å². The van der Waals surface area contributed by atoms with Crippen LogP contribution in [0.5, 0.6) is 5.75 Å². The van der Waals surface area contributed by atoms with Crippen LogP contribution in [0.25, 0.3) is 11.1 Å². The quantitative estimate of drug-likeness (QED) is 0.657. The van der Waals surface area contributed by atoms with Crippen LogP contribution in [0, 0.1) is 10.1 Å². The Morgan fingerprint density at radius 2 is 1.96 bits per heavy atom. The molecule has 3 rings (SSSR count). The van der Waals surface area contributed by atoms with E-state index in [0.29, 0.717) is 17.9 Å². The second kappa shape index (κ2) is 6.46. The topological polar surface area (TPSA) is 84.6 Å². The Morgan fingerprint density at radius 1 is 1.24 bits per heavy atom. The van der Waals surface area contributed by atoms with Crippen molar-refractivity contribution >= 4 is 5.69 Å². The van der Waals surface area contributed by atoms with Crippen LogP contribution in [0.4, 0.5) is 5.69 Å². The highest BCUT2D eigenvalue weighted by Gasteiger charge is 2.33. The zero-order chi connectivity index (χ0) is 18.2. The number of nitro groups is 1. The van der Waals surface area contributed by atoms with Crippen molar-refractivity contribution in [2.45, 2.75) is 38.5 Å². The number of benzene rings is 2. The lowest BCUT2D eigenvalue weighted by Crippen LogP contribution is -2.43. The molecule has 2 aromatic carbocycles. The van der Waals surface area contributed by atoms with Crippen molar-refractivity contribution in [3.05, 3.63) is 58.1 Å². The molecule has 0 radical (unpaired) electrons. The Balaban J connectivity index is 2.01. The van der Waals surface area contributed by atoms with Crippen molar-refractivity contribution in [3.8, 4) is 16.9 Å². The Kier molecular flexibility index (Phi) is 4.49. The maximum absolute atomic E-state index is 11.2. The summed E-state index contributed by atoms with van der Waals surface area (Å²) < 4.78 is 6.01. The van der Waals surface area contributed by atoms with Gasteiger partial charge in [0.2, 0.25) is 0 Å². The number of non-ortho nitro benzene ring substituents is 1. The number of hydrogen-bond donors (Lipinski definition) is 2.